The van der Waals surface area contributed by atoms with Crippen LogP contribution in [0.15, 0.2) is 48.5 Å². The van der Waals surface area contributed by atoms with Crippen molar-refractivity contribution in [3.63, 3.8) is 0 Å². The van der Waals surface area contributed by atoms with Gasteiger partial charge in [-0.1, -0.05) is 18.2 Å². The Morgan fingerprint density at radius 2 is 2.00 bits per heavy atom. The molecule has 1 aliphatic heterocycles. The lowest BCUT2D eigenvalue weighted by atomic mass is 9.94. The van der Waals surface area contributed by atoms with Crippen LogP contribution in [0.3, 0.4) is 0 Å². The van der Waals surface area contributed by atoms with Gasteiger partial charge in [0, 0.05) is 7.11 Å². The van der Waals surface area contributed by atoms with Crippen molar-refractivity contribution >= 4 is 11.5 Å². The number of hydrogen-bond acceptors (Lipinski definition) is 4. The molecule has 0 spiro atoms. The van der Waals surface area contributed by atoms with E-state index in [2.05, 4.69) is 0 Å². The molecule has 1 heterocycles. The molecule has 0 aromatic heterocycles. The molecule has 2 aromatic rings. The fourth-order valence-electron chi connectivity index (χ4n) is 2.51. The summed E-state index contributed by atoms with van der Waals surface area (Å²) in [6.07, 6.45) is 1.96. The second-order valence-electron chi connectivity index (χ2n) is 4.99. The van der Waals surface area contributed by atoms with Crippen molar-refractivity contribution in [1.29, 1.82) is 0 Å². The number of fused-ring (bicyclic) bond motifs is 1. The highest BCUT2D eigenvalue weighted by molar-refractivity contribution is 5.90. The molecule has 0 bridgehead atoms. The molecule has 5 heteroatoms. The smallest absolute Gasteiger partial charge is 0.335 e. The largest absolute Gasteiger partial charge is 0.489 e. The first-order valence-electron chi connectivity index (χ1n) is 7.12. The van der Waals surface area contributed by atoms with Gasteiger partial charge in [-0.2, -0.15) is 0 Å². The average molecular weight is 312 g/mol. The van der Waals surface area contributed by atoms with Crippen molar-refractivity contribution in [2.45, 2.75) is 0 Å². The van der Waals surface area contributed by atoms with E-state index in [-0.39, 0.29) is 12.4 Å². The Hall–Kier alpha value is -2.79. The molecular weight excluding hydrogens is 296 g/mol. The minimum atomic E-state index is -0.943. The van der Waals surface area contributed by atoms with Gasteiger partial charge in [0.2, 0.25) is 0 Å². The SMILES string of the molecule is COCOc1cccc2c1C(c1ccc(C(=O)O)cc1)=CCO2. The summed E-state index contributed by atoms with van der Waals surface area (Å²) in [7, 11) is 1.56. The summed E-state index contributed by atoms with van der Waals surface area (Å²) in [6, 6.07) is 12.4. The first kappa shape index (κ1) is 15.1. The second kappa shape index (κ2) is 6.54. The van der Waals surface area contributed by atoms with Crippen molar-refractivity contribution in [2.24, 2.45) is 0 Å². The Kier molecular flexibility index (Phi) is 4.30. The van der Waals surface area contributed by atoms with Crippen LogP contribution in [-0.2, 0) is 4.74 Å². The number of hydrogen-bond donors (Lipinski definition) is 1. The highest BCUT2D eigenvalue weighted by Crippen LogP contribution is 2.40. The highest BCUT2D eigenvalue weighted by atomic mass is 16.7. The Balaban J connectivity index is 2.02. The van der Waals surface area contributed by atoms with E-state index in [1.54, 1.807) is 31.4 Å². The molecule has 0 saturated heterocycles. The molecule has 3 rings (SSSR count). The normalized spacial score (nSPS) is 12.8. The topological polar surface area (TPSA) is 65.0 Å². The molecule has 5 nitrogen and oxygen atoms in total. The monoisotopic (exact) mass is 312 g/mol. The summed E-state index contributed by atoms with van der Waals surface area (Å²) in [4.78, 5) is 11.0. The van der Waals surface area contributed by atoms with Crippen molar-refractivity contribution < 1.29 is 24.1 Å². The first-order valence-corrected chi connectivity index (χ1v) is 7.12. The predicted molar refractivity (Wildman–Crippen MR) is 84.9 cm³/mol. The lowest BCUT2D eigenvalue weighted by Gasteiger charge is -2.22. The fourth-order valence-corrected chi connectivity index (χ4v) is 2.51. The summed E-state index contributed by atoms with van der Waals surface area (Å²) >= 11 is 0. The fraction of sp³-hybridized carbons (Fsp3) is 0.167. The van der Waals surface area contributed by atoms with Crippen molar-refractivity contribution in [2.75, 3.05) is 20.5 Å². The van der Waals surface area contributed by atoms with E-state index in [1.165, 1.54) is 0 Å². The summed E-state index contributed by atoms with van der Waals surface area (Å²) in [5, 5.41) is 9.02. The van der Waals surface area contributed by atoms with E-state index in [9.17, 15) is 4.79 Å². The zero-order valence-electron chi connectivity index (χ0n) is 12.6. The predicted octanol–water partition coefficient (Wildman–Crippen LogP) is 3.19. The van der Waals surface area contributed by atoms with Crippen LogP contribution >= 0.6 is 0 Å². The van der Waals surface area contributed by atoms with Crippen molar-refractivity contribution in [1.82, 2.24) is 0 Å². The molecule has 0 amide bonds. The molecule has 118 valence electrons. The highest BCUT2D eigenvalue weighted by Gasteiger charge is 2.20. The first-order chi connectivity index (χ1) is 11.2. The minimum Gasteiger partial charge on any atom is -0.489 e. The number of benzene rings is 2. The van der Waals surface area contributed by atoms with Crippen LogP contribution in [-0.4, -0.2) is 31.6 Å². The summed E-state index contributed by atoms with van der Waals surface area (Å²) in [5.74, 6) is 0.457. The number of carboxylic acids is 1. The van der Waals surface area contributed by atoms with E-state index in [0.717, 1.165) is 22.4 Å². The maximum atomic E-state index is 11.0. The number of aromatic carboxylic acids is 1. The summed E-state index contributed by atoms with van der Waals surface area (Å²) in [5.41, 5.74) is 2.97. The van der Waals surface area contributed by atoms with Gasteiger partial charge in [-0.05, 0) is 41.5 Å². The maximum absolute atomic E-state index is 11.0. The number of carbonyl (C=O) groups is 1. The standard InChI is InChI=1S/C18H16O5/c1-21-11-23-16-4-2-3-15-17(16)14(9-10-22-15)12-5-7-13(8-6-12)18(19)20/h2-9H,10-11H2,1H3,(H,19,20). The van der Waals surface area contributed by atoms with Gasteiger partial charge in [0.1, 0.15) is 18.1 Å². The van der Waals surface area contributed by atoms with Crippen LogP contribution in [0.1, 0.15) is 21.5 Å². The van der Waals surface area contributed by atoms with E-state index < -0.39 is 5.97 Å². The van der Waals surface area contributed by atoms with Crippen molar-refractivity contribution in [3.8, 4) is 11.5 Å². The van der Waals surface area contributed by atoms with Crippen LogP contribution in [0.25, 0.3) is 5.57 Å². The Bertz CT molecular complexity index is 747. The van der Waals surface area contributed by atoms with Crippen LogP contribution in [0.4, 0.5) is 0 Å². The van der Waals surface area contributed by atoms with Crippen LogP contribution in [0.2, 0.25) is 0 Å². The Labute approximate surface area is 133 Å². The molecule has 1 N–H and O–H groups in total. The van der Waals surface area contributed by atoms with Crippen LogP contribution in [0, 0.1) is 0 Å². The van der Waals surface area contributed by atoms with Crippen molar-refractivity contribution in [3.05, 3.63) is 65.2 Å². The number of rotatable bonds is 5. The van der Waals surface area contributed by atoms with Gasteiger partial charge >= 0.3 is 5.97 Å². The molecule has 0 aliphatic carbocycles. The average Bonchev–Trinajstić information content (AvgIpc) is 2.59. The van der Waals surface area contributed by atoms with Gasteiger partial charge in [-0.3, -0.25) is 0 Å². The van der Waals surface area contributed by atoms with Gasteiger partial charge in [0.05, 0.1) is 11.1 Å². The van der Waals surface area contributed by atoms with Crippen LogP contribution < -0.4 is 9.47 Å². The van der Waals surface area contributed by atoms with E-state index in [1.807, 2.05) is 24.3 Å². The minimum absolute atomic E-state index is 0.141. The third-order valence-electron chi connectivity index (χ3n) is 3.56. The lowest BCUT2D eigenvalue weighted by molar-refractivity contribution is 0.0507. The maximum Gasteiger partial charge on any atom is 0.335 e. The molecule has 23 heavy (non-hydrogen) atoms. The van der Waals surface area contributed by atoms with Gasteiger partial charge in [-0.25, -0.2) is 4.79 Å². The molecule has 1 aliphatic rings. The Morgan fingerprint density at radius 1 is 1.22 bits per heavy atom. The zero-order chi connectivity index (χ0) is 16.2. The Morgan fingerprint density at radius 3 is 2.70 bits per heavy atom. The molecule has 0 unspecified atom stereocenters. The van der Waals surface area contributed by atoms with Gasteiger partial charge in [0.15, 0.2) is 6.79 Å². The van der Waals surface area contributed by atoms with E-state index in [0.29, 0.717) is 12.4 Å². The molecule has 0 fully saturated rings. The van der Waals surface area contributed by atoms with E-state index in [4.69, 9.17) is 19.3 Å². The number of methoxy groups -OCH3 is 1. The van der Waals surface area contributed by atoms with Gasteiger partial charge in [0.25, 0.3) is 0 Å². The third kappa shape index (κ3) is 3.05. The summed E-state index contributed by atoms with van der Waals surface area (Å²) < 4.78 is 16.3. The number of carboxylic acid groups (broad SMARTS) is 1. The van der Waals surface area contributed by atoms with E-state index >= 15 is 0 Å². The number of ether oxygens (including phenoxy) is 3. The summed E-state index contributed by atoms with van der Waals surface area (Å²) in [6.45, 7) is 0.596. The molecule has 0 atom stereocenters. The van der Waals surface area contributed by atoms with Crippen LogP contribution in [0.5, 0.6) is 11.5 Å². The van der Waals surface area contributed by atoms with Gasteiger partial charge in [-0.15, -0.1) is 0 Å². The van der Waals surface area contributed by atoms with Gasteiger partial charge < -0.3 is 19.3 Å². The quantitative estimate of drug-likeness (QED) is 0.859. The molecule has 0 saturated carbocycles. The molecule has 0 radical (unpaired) electrons. The zero-order valence-corrected chi connectivity index (χ0v) is 12.6. The molecular formula is C18H16O5. The molecule has 2 aromatic carbocycles. The second-order valence-corrected chi connectivity index (χ2v) is 4.99. The third-order valence-corrected chi connectivity index (χ3v) is 3.56. The lowest BCUT2D eigenvalue weighted by Crippen LogP contribution is -2.09.